The van der Waals surface area contributed by atoms with Gasteiger partial charge in [-0.15, -0.1) is 13.2 Å². The molecule has 0 aliphatic rings. The summed E-state index contributed by atoms with van der Waals surface area (Å²) in [6.45, 7) is 7.97. The van der Waals surface area contributed by atoms with Crippen molar-refractivity contribution < 1.29 is 4.79 Å². The molecule has 5 heteroatoms. The van der Waals surface area contributed by atoms with Crippen molar-refractivity contribution in [3.05, 3.63) is 92.5 Å². The number of carbonyl (C=O) groups is 1. The Labute approximate surface area is 165 Å². The molecule has 0 bridgehead atoms. The second-order valence-electron chi connectivity index (χ2n) is 5.07. The number of amides is 1. The third-order valence-electron chi connectivity index (χ3n) is 3.53. The van der Waals surface area contributed by atoms with Gasteiger partial charge in [0.1, 0.15) is 0 Å². The number of hydrogen-bond acceptors (Lipinski definition) is 1. The van der Waals surface area contributed by atoms with E-state index in [-0.39, 0.29) is 5.91 Å². The predicted molar refractivity (Wildman–Crippen MR) is 110 cm³/mol. The van der Waals surface area contributed by atoms with Gasteiger partial charge in [0.25, 0.3) is 5.91 Å². The molecule has 1 atom stereocenters. The SMILES string of the molecule is C=CCN(C(=O)c1ccc(I)cc1)C(C=C)c1c(Cl)cccc1Cl. The lowest BCUT2D eigenvalue weighted by Gasteiger charge is -2.30. The summed E-state index contributed by atoms with van der Waals surface area (Å²) in [7, 11) is 0. The molecule has 0 aliphatic heterocycles. The first kappa shape index (κ1) is 19.0. The summed E-state index contributed by atoms with van der Waals surface area (Å²) in [5, 5.41) is 0.994. The van der Waals surface area contributed by atoms with E-state index in [1.54, 1.807) is 47.4 Å². The van der Waals surface area contributed by atoms with Crippen LogP contribution in [0.5, 0.6) is 0 Å². The van der Waals surface area contributed by atoms with Gasteiger partial charge in [-0.3, -0.25) is 4.79 Å². The van der Waals surface area contributed by atoms with Crippen LogP contribution in [0.1, 0.15) is 22.0 Å². The summed E-state index contributed by atoms with van der Waals surface area (Å²) in [6.07, 6.45) is 3.34. The number of carbonyl (C=O) groups excluding carboxylic acids is 1. The van der Waals surface area contributed by atoms with Crippen LogP contribution in [0.15, 0.2) is 67.8 Å². The first-order chi connectivity index (χ1) is 11.5. The van der Waals surface area contributed by atoms with E-state index in [4.69, 9.17) is 23.2 Å². The summed E-state index contributed by atoms with van der Waals surface area (Å²) in [4.78, 5) is 14.6. The van der Waals surface area contributed by atoms with Crippen molar-refractivity contribution in [2.45, 2.75) is 6.04 Å². The van der Waals surface area contributed by atoms with Crippen molar-refractivity contribution in [3.8, 4) is 0 Å². The average Bonchev–Trinajstić information content (AvgIpc) is 2.57. The van der Waals surface area contributed by atoms with Crippen molar-refractivity contribution in [3.63, 3.8) is 0 Å². The highest BCUT2D eigenvalue weighted by molar-refractivity contribution is 14.1. The standard InChI is InChI=1S/C19H16Cl2INO/c1-3-12-23(19(24)13-8-10-14(22)11-9-13)17(4-2)18-15(20)6-5-7-16(18)21/h3-11,17H,1-2,12H2. The molecule has 2 rings (SSSR count). The lowest BCUT2D eigenvalue weighted by molar-refractivity contribution is 0.0734. The fourth-order valence-electron chi connectivity index (χ4n) is 2.41. The van der Waals surface area contributed by atoms with Crippen LogP contribution in [-0.4, -0.2) is 17.4 Å². The molecule has 0 aromatic heterocycles. The van der Waals surface area contributed by atoms with Gasteiger partial charge in [-0.2, -0.15) is 0 Å². The van der Waals surface area contributed by atoms with Crippen LogP contribution >= 0.6 is 45.8 Å². The second kappa shape index (κ2) is 8.70. The monoisotopic (exact) mass is 471 g/mol. The van der Waals surface area contributed by atoms with E-state index in [9.17, 15) is 4.79 Å². The minimum atomic E-state index is -0.448. The van der Waals surface area contributed by atoms with Gasteiger partial charge < -0.3 is 4.90 Å². The zero-order chi connectivity index (χ0) is 17.7. The van der Waals surface area contributed by atoms with E-state index in [2.05, 4.69) is 35.7 Å². The maximum absolute atomic E-state index is 13.0. The summed E-state index contributed by atoms with van der Waals surface area (Å²) in [6, 6.07) is 12.2. The van der Waals surface area contributed by atoms with E-state index >= 15 is 0 Å². The second-order valence-corrected chi connectivity index (χ2v) is 7.13. The molecular formula is C19H16Cl2INO. The molecule has 0 N–H and O–H groups in total. The molecule has 24 heavy (non-hydrogen) atoms. The van der Waals surface area contributed by atoms with Crippen LogP contribution in [0, 0.1) is 3.57 Å². The minimum absolute atomic E-state index is 0.132. The number of benzene rings is 2. The molecule has 1 unspecified atom stereocenters. The smallest absolute Gasteiger partial charge is 0.254 e. The number of halogens is 3. The normalized spacial score (nSPS) is 11.6. The molecular weight excluding hydrogens is 456 g/mol. The fraction of sp³-hybridized carbons (Fsp3) is 0.105. The van der Waals surface area contributed by atoms with Crippen molar-refractivity contribution in [1.82, 2.24) is 4.90 Å². The quantitative estimate of drug-likeness (QED) is 0.365. The molecule has 2 aromatic carbocycles. The first-order valence-electron chi connectivity index (χ1n) is 7.23. The Morgan fingerprint density at radius 2 is 1.71 bits per heavy atom. The molecule has 0 saturated carbocycles. The maximum Gasteiger partial charge on any atom is 0.254 e. The van der Waals surface area contributed by atoms with E-state index in [1.807, 2.05) is 12.1 Å². The molecule has 0 fully saturated rings. The maximum atomic E-state index is 13.0. The van der Waals surface area contributed by atoms with E-state index < -0.39 is 6.04 Å². The molecule has 2 nitrogen and oxygen atoms in total. The van der Waals surface area contributed by atoms with E-state index in [1.165, 1.54) is 0 Å². The lowest BCUT2D eigenvalue weighted by Crippen LogP contribution is -2.34. The summed E-state index contributed by atoms with van der Waals surface area (Å²) < 4.78 is 1.06. The number of rotatable bonds is 6. The molecule has 0 heterocycles. The van der Waals surface area contributed by atoms with E-state index in [0.717, 1.165) is 3.57 Å². The summed E-state index contributed by atoms with van der Waals surface area (Å²) in [5.41, 5.74) is 1.25. The van der Waals surface area contributed by atoms with Gasteiger partial charge in [0.2, 0.25) is 0 Å². The molecule has 0 spiro atoms. The Balaban J connectivity index is 2.47. The van der Waals surface area contributed by atoms with Crippen molar-refractivity contribution in [2.75, 3.05) is 6.54 Å². The molecule has 0 radical (unpaired) electrons. The molecule has 124 valence electrons. The minimum Gasteiger partial charge on any atom is -0.324 e. The van der Waals surface area contributed by atoms with Gasteiger partial charge >= 0.3 is 0 Å². The van der Waals surface area contributed by atoms with Gasteiger partial charge in [0.15, 0.2) is 0 Å². The van der Waals surface area contributed by atoms with E-state index in [0.29, 0.717) is 27.7 Å². The Morgan fingerprint density at radius 3 is 2.21 bits per heavy atom. The molecule has 2 aromatic rings. The van der Waals surface area contributed by atoms with Crippen LogP contribution in [0.2, 0.25) is 10.0 Å². The highest BCUT2D eigenvalue weighted by atomic mass is 127. The van der Waals surface area contributed by atoms with Crippen LogP contribution in [0.25, 0.3) is 0 Å². The first-order valence-corrected chi connectivity index (χ1v) is 9.07. The third-order valence-corrected chi connectivity index (χ3v) is 4.91. The zero-order valence-corrected chi connectivity index (χ0v) is 16.6. The van der Waals surface area contributed by atoms with Crippen LogP contribution in [-0.2, 0) is 0 Å². The van der Waals surface area contributed by atoms with Gasteiger partial charge in [-0.25, -0.2) is 0 Å². The van der Waals surface area contributed by atoms with Gasteiger partial charge in [-0.1, -0.05) is 41.4 Å². The van der Waals surface area contributed by atoms with Crippen molar-refractivity contribution in [2.24, 2.45) is 0 Å². The largest absolute Gasteiger partial charge is 0.324 e. The molecule has 1 amide bonds. The Kier molecular flexibility index (Phi) is 6.90. The van der Waals surface area contributed by atoms with Gasteiger partial charge in [0.05, 0.1) is 6.04 Å². The fourth-order valence-corrected chi connectivity index (χ4v) is 3.39. The number of hydrogen-bond donors (Lipinski definition) is 0. The molecule has 0 saturated heterocycles. The predicted octanol–water partition coefficient (Wildman–Crippen LogP) is 6.15. The van der Waals surface area contributed by atoms with Crippen molar-refractivity contribution >= 4 is 51.7 Å². The van der Waals surface area contributed by atoms with Gasteiger partial charge in [0, 0.05) is 31.3 Å². The lowest BCUT2D eigenvalue weighted by atomic mass is 10.0. The Morgan fingerprint density at radius 1 is 1.12 bits per heavy atom. The highest BCUT2D eigenvalue weighted by Crippen LogP contribution is 2.35. The van der Waals surface area contributed by atoms with Crippen LogP contribution < -0.4 is 0 Å². The van der Waals surface area contributed by atoms with Crippen LogP contribution in [0.3, 0.4) is 0 Å². The summed E-state index contributed by atoms with van der Waals surface area (Å²) >= 11 is 14.8. The third kappa shape index (κ3) is 4.21. The van der Waals surface area contributed by atoms with Crippen LogP contribution in [0.4, 0.5) is 0 Å². The molecule has 0 aliphatic carbocycles. The highest BCUT2D eigenvalue weighted by Gasteiger charge is 2.26. The van der Waals surface area contributed by atoms with Crippen molar-refractivity contribution in [1.29, 1.82) is 0 Å². The zero-order valence-electron chi connectivity index (χ0n) is 12.9. The Hall–Kier alpha value is -1.30. The Bertz CT molecular complexity index is 738. The van der Waals surface area contributed by atoms with Gasteiger partial charge in [-0.05, 0) is 59.0 Å². The summed E-state index contributed by atoms with van der Waals surface area (Å²) in [5.74, 6) is -0.132. The topological polar surface area (TPSA) is 20.3 Å². The average molecular weight is 472 g/mol. The number of nitrogens with zero attached hydrogens (tertiary/aromatic N) is 1.